The Balaban J connectivity index is 2.08. The van der Waals surface area contributed by atoms with E-state index in [1.165, 1.54) is 19.9 Å². The van der Waals surface area contributed by atoms with Gasteiger partial charge in [0.2, 0.25) is 5.76 Å². The minimum Gasteiger partial charge on any atom is -0.481 e. The molecule has 0 aliphatic heterocycles. The quantitative estimate of drug-likeness (QED) is 0.883. The monoisotopic (exact) mass is 322 g/mol. The zero-order chi connectivity index (χ0) is 16.3. The van der Waals surface area contributed by atoms with Crippen LogP contribution in [0.1, 0.15) is 24.4 Å². The van der Waals surface area contributed by atoms with Gasteiger partial charge in [0, 0.05) is 23.2 Å². The molecule has 0 unspecified atom stereocenters. The average molecular weight is 323 g/mol. The summed E-state index contributed by atoms with van der Waals surface area (Å²) in [6.45, 7) is 3.02. The fourth-order valence-electron chi connectivity index (χ4n) is 1.63. The molecule has 1 amide bonds. The first-order valence-electron chi connectivity index (χ1n) is 6.54. The van der Waals surface area contributed by atoms with Crippen LogP contribution in [0.3, 0.4) is 0 Å². The van der Waals surface area contributed by atoms with Gasteiger partial charge in [-0.15, -0.1) is 0 Å². The normalized spacial score (nSPS) is 11.2. The van der Waals surface area contributed by atoms with Gasteiger partial charge < -0.3 is 14.9 Å². The number of hydrogen-bond acceptors (Lipinski definition) is 4. The van der Waals surface area contributed by atoms with Gasteiger partial charge in [-0.25, -0.2) is 0 Å². The maximum atomic E-state index is 12.0. The summed E-state index contributed by atoms with van der Waals surface area (Å²) in [7, 11) is 0. The Hall–Kier alpha value is -2.34. The zero-order valence-electron chi connectivity index (χ0n) is 12.1. The smallest absolute Gasteiger partial charge is 0.310 e. The van der Waals surface area contributed by atoms with Crippen molar-refractivity contribution in [3.63, 3.8) is 0 Å². The number of carbonyl (C=O) groups excluding carboxylic acids is 1. The minimum absolute atomic E-state index is 0.0103. The summed E-state index contributed by atoms with van der Waals surface area (Å²) in [5.41, 5.74) is 0.136. The second kappa shape index (κ2) is 6.19. The van der Waals surface area contributed by atoms with Crippen LogP contribution < -0.4 is 5.32 Å². The fraction of sp³-hybridized carbons (Fsp3) is 0.267. The first-order valence-corrected chi connectivity index (χ1v) is 6.91. The Labute approximate surface area is 132 Å². The van der Waals surface area contributed by atoms with Crippen molar-refractivity contribution < 1.29 is 19.2 Å². The molecule has 0 saturated heterocycles. The number of aromatic nitrogens is 1. The van der Waals surface area contributed by atoms with Gasteiger partial charge in [0.15, 0.2) is 0 Å². The maximum Gasteiger partial charge on any atom is 0.310 e. The van der Waals surface area contributed by atoms with Gasteiger partial charge in [-0.3, -0.25) is 9.59 Å². The van der Waals surface area contributed by atoms with Crippen molar-refractivity contribution in [1.29, 1.82) is 0 Å². The van der Waals surface area contributed by atoms with Crippen LogP contribution in [0.5, 0.6) is 0 Å². The first-order chi connectivity index (χ1) is 10.3. The number of nitrogens with zero attached hydrogens (tertiary/aromatic N) is 1. The summed E-state index contributed by atoms with van der Waals surface area (Å²) >= 11 is 5.90. The van der Waals surface area contributed by atoms with Crippen molar-refractivity contribution in [2.45, 2.75) is 13.8 Å². The highest BCUT2D eigenvalue weighted by molar-refractivity contribution is 6.30. The van der Waals surface area contributed by atoms with E-state index in [-0.39, 0.29) is 12.3 Å². The van der Waals surface area contributed by atoms with E-state index in [0.717, 1.165) is 5.56 Å². The fourth-order valence-corrected chi connectivity index (χ4v) is 1.82. The maximum absolute atomic E-state index is 12.0. The zero-order valence-corrected chi connectivity index (χ0v) is 12.8. The summed E-state index contributed by atoms with van der Waals surface area (Å²) in [6, 6.07) is 8.47. The molecule has 0 fully saturated rings. The molecule has 6 nitrogen and oxygen atoms in total. The van der Waals surface area contributed by atoms with Crippen LogP contribution in [0.4, 0.5) is 0 Å². The molecule has 2 rings (SSSR count). The van der Waals surface area contributed by atoms with Gasteiger partial charge in [-0.2, -0.15) is 0 Å². The number of carbonyl (C=O) groups is 2. The van der Waals surface area contributed by atoms with Gasteiger partial charge >= 0.3 is 5.97 Å². The topological polar surface area (TPSA) is 92.4 Å². The lowest BCUT2D eigenvalue weighted by Crippen LogP contribution is -2.38. The van der Waals surface area contributed by atoms with Crippen LogP contribution in [0.25, 0.3) is 11.3 Å². The van der Waals surface area contributed by atoms with Crippen molar-refractivity contribution in [2.75, 3.05) is 6.54 Å². The molecule has 0 spiro atoms. The van der Waals surface area contributed by atoms with Crippen molar-refractivity contribution in [1.82, 2.24) is 10.5 Å². The number of halogens is 1. The SMILES string of the molecule is CC(C)(CNC(=O)c1cc(-c2cccc(Cl)c2)no1)C(=O)O. The number of nitrogens with one attached hydrogen (secondary N) is 1. The highest BCUT2D eigenvalue weighted by Crippen LogP contribution is 2.22. The average Bonchev–Trinajstić information content (AvgIpc) is 2.94. The number of benzene rings is 1. The lowest BCUT2D eigenvalue weighted by atomic mass is 9.94. The second-order valence-electron chi connectivity index (χ2n) is 5.46. The molecule has 0 aliphatic carbocycles. The lowest BCUT2D eigenvalue weighted by molar-refractivity contribution is -0.146. The molecular formula is C15H15ClN2O4. The Morgan fingerprint density at radius 1 is 1.36 bits per heavy atom. The van der Waals surface area contributed by atoms with E-state index in [0.29, 0.717) is 10.7 Å². The van der Waals surface area contributed by atoms with Gasteiger partial charge in [-0.05, 0) is 26.0 Å². The van der Waals surface area contributed by atoms with E-state index in [4.69, 9.17) is 21.2 Å². The minimum atomic E-state index is -1.06. The number of rotatable bonds is 5. The summed E-state index contributed by atoms with van der Waals surface area (Å²) in [5, 5.41) is 15.9. The van der Waals surface area contributed by atoms with Gasteiger partial charge in [0.05, 0.1) is 5.41 Å². The van der Waals surface area contributed by atoms with Crippen LogP contribution in [0.2, 0.25) is 5.02 Å². The van der Waals surface area contributed by atoms with Gasteiger partial charge in [-0.1, -0.05) is 28.9 Å². The Morgan fingerprint density at radius 3 is 2.73 bits per heavy atom. The standard InChI is InChI=1S/C15H15ClN2O4/c1-15(2,14(20)21)8-17-13(19)12-7-11(18-22-12)9-4-3-5-10(16)6-9/h3-7H,8H2,1-2H3,(H,17,19)(H,20,21). The molecule has 0 radical (unpaired) electrons. The molecule has 0 saturated carbocycles. The third-order valence-electron chi connectivity index (χ3n) is 3.12. The van der Waals surface area contributed by atoms with Gasteiger partial charge in [0.25, 0.3) is 5.91 Å². The Morgan fingerprint density at radius 2 is 2.09 bits per heavy atom. The van der Waals surface area contributed by atoms with E-state index in [1.54, 1.807) is 24.3 Å². The van der Waals surface area contributed by atoms with Gasteiger partial charge in [0.1, 0.15) is 5.69 Å². The first kappa shape index (κ1) is 16.0. The van der Waals surface area contributed by atoms with Crippen LogP contribution in [-0.4, -0.2) is 28.7 Å². The van der Waals surface area contributed by atoms with Crippen LogP contribution >= 0.6 is 11.6 Å². The second-order valence-corrected chi connectivity index (χ2v) is 5.89. The van der Waals surface area contributed by atoms with E-state index >= 15 is 0 Å². The molecule has 7 heteroatoms. The lowest BCUT2D eigenvalue weighted by Gasteiger charge is -2.18. The number of carboxylic acids is 1. The van der Waals surface area contributed by atoms with Crippen molar-refractivity contribution in [3.05, 3.63) is 41.1 Å². The summed E-state index contributed by atoms with van der Waals surface area (Å²) in [5.74, 6) is -1.50. The van der Waals surface area contributed by atoms with Crippen molar-refractivity contribution in [2.24, 2.45) is 5.41 Å². The van der Waals surface area contributed by atoms with Crippen LogP contribution in [-0.2, 0) is 4.79 Å². The van der Waals surface area contributed by atoms with E-state index < -0.39 is 17.3 Å². The molecule has 116 valence electrons. The highest BCUT2D eigenvalue weighted by Gasteiger charge is 2.28. The molecule has 0 bridgehead atoms. The molecule has 1 aromatic carbocycles. The highest BCUT2D eigenvalue weighted by atomic mass is 35.5. The molecule has 2 aromatic rings. The molecule has 1 aromatic heterocycles. The third kappa shape index (κ3) is 3.65. The van der Waals surface area contributed by atoms with Crippen molar-refractivity contribution in [3.8, 4) is 11.3 Å². The van der Waals surface area contributed by atoms with Crippen LogP contribution in [0, 0.1) is 5.41 Å². The Kier molecular flexibility index (Phi) is 4.51. The summed E-state index contributed by atoms with van der Waals surface area (Å²) in [6.07, 6.45) is 0. The molecule has 2 N–H and O–H groups in total. The number of aliphatic carboxylic acids is 1. The third-order valence-corrected chi connectivity index (χ3v) is 3.36. The predicted octanol–water partition coefficient (Wildman–Crippen LogP) is 2.84. The van der Waals surface area contributed by atoms with E-state index in [1.807, 2.05) is 0 Å². The van der Waals surface area contributed by atoms with E-state index in [9.17, 15) is 9.59 Å². The van der Waals surface area contributed by atoms with Crippen molar-refractivity contribution >= 4 is 23.5 Å². The molecule has 0 aliphatic rings. The number of amides is 1. The molecule has 22 heavy (non-hydrogen) atoms. The van der Waals surface area contributed by atoms with Crippen LogP contribution in [0.15, 0.2) is 34.9 Å². The number of carboxylic acid groups (broad SMARTS) is 1. The molecule has 1 heterocycles. The number of hydrogen-bond donors (Lipinski definition) is 2. The molecular weight excluding hydrogens is 308 g/mol. The van der Waals surface area contributed by atoms with E-state index in [2.05, 4.69) is 10.5 Å². The predicted molar refractivity (Wildman–Crippen MR) is 80.7 cm³/mol. The Bertz CT molecular complexity index is 709. The summed E-state index contributed by atoms with van der Waals surface area (Å²) in [4.78, 5) is 23.0. The summed E-state index contributed by atoms with van der Waals surface area (Å²) < 4.78 is 4.99. The largest absolute Gasteiger partial charge is 0.481 e. The molecule has 0 atom stereocenters.